The van der Waals surface area contributed by atoms with Gasteiger partial charge in [-0.05, 0) is 64.0 Å². The van der Waals surface area contributed by atoms with Crippen molar-refractivity contribution in [1.29, 1.82) is 0 Å². The van der Waals surface area contributed by atoms with Gasteiger partial charge in [-0.15, -0.1) is 0 Å². The molecule has 3 saturated heterocycles. The first-order valence-electron chi connectivity index (χ1n) is 19.7. The molecule has 2 N–H and O–H groups in total. The third kappa shape index (κ3) is 9.78. The maximum atomic E-state index is 13.9. The van der Waals surface area contributed by atoms with Gasteiger partial charge in [-0.1, -0.05) is 25.1 Å². The van der Waals surface area contributed by atoms with Crippen LogP contribution in [0.5, 0.6) is 5.88 Å². The first kappa shape index (κ1) is 40.5. The fourth-order valence-corrected chi connectivity index (χ4v) is 7.12. The zero-order valence-electron chi connectivity index (χ0n) is 32.2. The molecule has 0 bridgehead atoms. The number of aromatic nitrogens is 2. The number of carbonyl (C=O) groups excluding carboxylic acids is 6. The first-order valence-corrected chi connectivity index (χ1v) is 19.7. The van der Waals surface area contributed by atoms with Crippen LogP contribution in [0.15, 0.2) is 36.4 Å². The molecule has 0 radical (unpaired) electrons. The van der Waals surface area contributed by atoms with Crippen LogP contribution in [0.4, 0.5) is 4.79 Å². The van der Waals surface area contributed by atoms with Gasteiger partial charge in [0, 0.05) is 51.3 Å². The van der Waals surface area contributed by atoms with Gasteiger partial charge >= 0.3 is 12.1 Å². The number of hydrogen-bond acceptors (Lipinski definition) is 11. The summed E-state index contributed by atoms with van der Waals surface area (Å²) in [6.07, 6.45) is 4.40. The normalized spacial score (nSPS) is 19.6. The highest BCUT2D eigenvalue weighted by atomic mass is 16.6. The lowest BCUT2D eigenvalue weighted by Gasteiger charge is -2.40. The fourth-order valence-electron chi connectivity index (χ4n) is 7.12. The Hall–Kier alpha value is -5.19. The average Bonchev–Trinajstić information content (AvgIpc) is 3.85. The zero-order chi connectivity index (χ0) is 39.7. The number of ether oxygens (including phenoxy) is 4. The molecule has 17 nitrogen and oxygen atoms in total. The number of likely N-dealkylation sites (tertiary alicyclic amines) is 1. The van der Waals surface area contributed by atoms with Crippen molar-refractivity contribution >= 4 is 35.7 Å². The summed E-state index contributed by atoms with van der Waals surface area (Å²) in [6.45, 7) is 6.16. The van der Waals surface area contributed by atoms with Crippen LogP contribution in [0.2, 0.25) is 0 Å². The zero-order valence-corrected chi connectivity index (χ0v) is 32.2. The van der Waals surface area contributed by atoms with Crippen LogP contribution in [0.25, 0.3) is 5.69 Å². The van der Waals surface area contributed by atoms with Crippen LogP contribution in [0, 0.1) is 5.41 Å². The number of piperazine rings is 1. The molecule has 1 saturated carbocycles. The van der Waals surface area contributed by atoms with E-state index in [4.69, 9.17) is 18.9 Å². The van der Waals surface area contributed by atoms with E-state index in [0.29, 0.717) is 38.3 Å². The molecule has 1 aromatic carbocycles. The SMILES string of the molecule is CCOC(=O)N1CCN(C(=O)C(CCC(=O)OCC2(CC)COC2)NC(=O)c2cc(OCC(=O)N3CCCC3C(=O)NC3CCC3)n(-c3ccccc3)n2)CC1. The molecule has 4 heterocycles. The molecule has 0 spiro atoms. The Morgan fingerprint density at radius 2 is 1.66 bits per heavy atom. The lowest BCUT2D eigenvalue weighted by Crippen LogP contribution is -2.56. The molecule has 1 aliphatic carbocycles. The quantitative estimate of drug-likeness (QED) is 0.237. The summed E-state index contributed by atoms with van der Waals surface area (Å²) in [5, 5.41) is 10.3. The van der Waals surface area contributed by atoms with Gasteiger partial charge in [-0.3, -0.25) is 24.0 Å². The van der Waals surface area contributed by atoms with Gasteiger partial charge in [-0.2, -0.15) is 5.10 Å². The number of para-hydroxylation sites is 1. The van der Waals surface area contributed by atoms with Crippen LogP contribution in [-0.2, 0) is 33.4 Å². The molecule has 304 valence electrons. The van der Waals surface area contributed by atoms with Crippen LogP contribution < -0.4 is 15.4 Å². The van der Waals surface area contributed by atoms with Gasteiger partial charge in [0.25, 0.3) is 11.8 Å². The lowest BCUT2D eigenvalue weighted by atomic mass is 9.84. The summed E-state index contributed by atoms with van der Waals surface area (Å²) in [6, 6.07) is 8.78. The maximum absolute atomic E-state index is 13.9. The Balaban J connectivity index is 1.14. The molecule has 17 heteroatoms. The summed E-state index contributed by atoms with van der Waals surface area (Å²) < 4.78 is 23.4. The number of amides is 5. The second kappa shape index (κ2) is 18.6. The van der Waals surface area contributed by atoms with E-state index in [0.717, 1.165) is 25.7 Å². The van der Waals surface area contributed by atoms with Crippen LogP contribution in [-0.4, -0.2) is 144 Å². The van der Waals surface area contributed by atoms with E-state index in [1.54, 1.807) is 41.0 Å². The predicted octanol–water partition coefficient (Wildman–Crippen LogP) is 2.06. The van der Waals surface area contributed by atoms with Crippen LogP contribution in [0.3, 0.4) is 0 Å². The van der Waals surface area contributed by atoms with Gasteiger partial charge in [0.2, 0.25) is 17.7 Å². The molecule has 4 aliphatic rings. The molecule has 6 rings (SSSR count). The monoisotopic (exact) mass is 779 g/mol. The second-order valence-electron chi connectivity index (χ2n) is 14.9. The Labute approximate surface area is 326 Å². The molecule has 3 aliphatic heterocycles. The van der Waals surface area contributed by atoms with Crippen molar-refractivity contribution in [3.8, 4) is 11.6 Å². The van der Waals surface area contributed by atoms with Gasteiger partial charge in [0.1, 0.15) is 18.7 Å². The Morgan fingerprint density at radius 1 is 0.929 bits per heavy atom. The van der Waals surface area contributed by atoms with E-state index < -0.39 is 36.0 Å². The van der Waals surface area contributed by atoms with E-state index in [1.807, 2.05) is 13.0 Å². The second-order valence-corrected chi connectivity index (χ2v) is 14.9. The minimum absolute atomic E-state index is 0.0420. The topological polar surface area (TPSA) is 191 Å². The minimum atomic E-state index is -1.12. The number of nitrogens with one attached hydrogen (secondary N) is 2. The Morgan fingerprint density at radius 3 is 2.30 bits per heavy atom. The highest BCUT2D eigenvalue weighted by Gasteiger charge is 2.39. The van der Waals surface area contributed by atoms with Crippen molar-refractivity contribution in [2.45, 2.75) is 83.3 Å². The predicted molar refractivity (Wildman–Crippen MR) is 200 cm³/mol. The smallest absolute Gasteiger partial charge is 0.409 e. The Kier molecular flexibility index (Phi) is 13.5. The van der Waals surface area contributed by atoms with Crippen LogP contribution >= 0.6 is 0 Å². The van der Waals surface area contributed by atoms with E-state index >= 15 is 0 Å². The number of benzene rings is 1. The van der Waals surface area contributed by atoms with Crippen molar-refractivity contribution in [1.82, 2.24) is 35.1 Å². The fraction of sp³-hybridized carbons (Fsp3) is 0.615. The van der Waals surface area contributed by atoms with Gasteiger partial charge in [0.05, 0.1) is 30.9 Å². The highest BCUT2D eigenvalue weighted by molar-refractivity contribution is 5.96. The van der Waals surface area contributed by atoms with Crippen molar-refractivity contribution in [3.05, 3.63) is 42.1 Å². The van der Waals surface area contributed by atoms with Crippen molar-refractivity contribution < 1.29 is 47.7 Å². The average molecular weight is 780 g/mol. The lowest BCUT2D eigenvalue weighted by molar-refractivity contribution is -0.170. The van der Waals surface area contributed by atoms with Gasteiger partial charge in [-0.25, -0.2) is 9.48 Å². The summed E-state index contributed by atoms with van der Waals surface area (Å²) in [5.74, 6) is -2.02. The van der Waals surface area contributed by atoms with E-state index in [2.05, 4.69) is 15.7 Å². The number of esters is 1. The summed E-state index contributed by atoms with van der Waals surface area (Å²) >= 11 is 0. The molecule has 2 unspecified atom stereocenters. The molecule has 4 fully saturated rings. The number of carbonyl (C=O) groups is 6. The number of hydrogen-bond donors (Lipinski definition) is 2. The molecular weight excluding hydrogens is 726 g/mol. The molecule has 2 atom stereocenters. The maximum Gasteiger partial charge on any atom is 0.409 e. The number of nitrogens with zero attached hydrogens (tertiary/aromatic N) is 5. The third-order valence-electron chi connectivity index (χ3n) is 11.0. The van der Waals surface area contributed by atoms with E-state index in [1.165, 1.54) is 15.6 Å². The summed E-state index contributed by atoms with van der Waals surface area (Å²) in [7, 11) is 0. The summed E-state index contributed by atoms with van der Waals surface area (Å²) in [5.41, 5.74) is 0.266. The van der Waals surface area contributed by atoms with Crippen molar-refractivity contribution in [2.24, 2.45) is 5.41 Å². The highest BCUT2D eigenvalue weighted by Crippen LogP contribution is 2.31. The summed E-state index contributed by atoms with van der Waals surface area (Å²) in [4.78, 5) is 84.0. The molecular formula is C39H53N7O10. The number of rotatable bonds is 16. The van der Waals surface area contributed by atoms with E-state index in [-0.39, 0.29) is 93.7 Å². The van der Waals surface area contributed by atoms with Gasteiger partial charge < -0.3 is 44.3 Å². The minimum Gasteiger partial charge on any atom is -0.467 e. The molecule has 1 aromatic heterocycles. The first-order chi connectivity index (χ1) is 27.1. The molecule has 5 amide bonds. The Bertz CT molecular complexity index is 1710. The van der Waals surface area contributed by atoms with Crippen LogP contribution in [0.1, 0.15) is 75.7 Å². The third-order valence-corrected chi connectivity index (χ3v) is 11.0. The van der Waals surface area contributed by atoms with Gasteiger partial charge in [0.15, 0.2) is 12.3 Å². The largest absolute Gasteiger partial charge is 0.467 e. The van der Waals surface area contributed by atoms with Crippen molar-refractivity contribution in [2.75, 3.05) is 65.8 Å². The van der Waals surface area contributed by atoms with Crippen molar-refractivity contribution in [3.63, 3.8) is 0 Å². The molecule has 2 aromatic rings. The molecule has 56 heavy (non-hydrogen) atoms. The van der Waals surface area contributed by atoms with E-state index in [9.17, 15) is 28.8 Å². The standard InChI is InChI=1S/C39H53N7O10/c1-3-39(24-53-25-39)26-56-34(48)16-15-29(37(51)43-18-20-44(21-19-43)38(52)54-4-2)41-35(49)30-22-33(46(42-30)28-12-6-5-7-13-28)55-23-32(47)45-17-9-14-31(45)36(50)40-27-10-8-11-27/h5-7,12-13,22,27,29,31H,3-4,8-11,14-21,23-26H2,1-2H3,(H,40,50)(H,41,49).